The van der Waals surface area contributed by atoms with E-state index in [2.05, 4.69) is 10.6 Å². The highest BCUT2D eigenvalue weighted by Crippen LogP contribution is 2.29. The molecule has 1 atom stereocenters. The van der Waals surface area contributed by atoms with Gasteiger partial charge in [0.05, 0.1) is 13.0 Å². The van der Waals surface area contributed by atoms with Crippen LogP contribution in [0.2, 0.25) is 0 Å². The summed E-state index contributed by atoms with van der Waals surface area (Å²) in [5.74, 6) is -0.225. The van der Waals surface area contributed by atoms with Gasteiger partial charge in [0.15, 0.2) is 0 Å². The Labute approximate surface area is 133 Å². The van der Waals surface area contributed by atoms with Crippen LogP contribution < -0.4 is 10.6 Å². The fourth-order valence-corrected chi connectivity index (χ4v) is 1.94. The fraction of sp³-hybridized carbons (Fsp3) is 0.462. The van der Waals surface area contributed by atoms with Gasteiger partial charge in [-0.05, 0) is 5.56 Å². The summed E-state index contributed by atoms with van der Waals surface area (Å²) in [7, 11) is 1.57. The number of benzene rings is 1. The Morgan fingerprint density at radius 2 is 1.95 bits per heavy atom. The first-order valence-corrected chi connectivity index (χ1v) is 7.19. The molecule has 1 aromatic rings. The SMILES string of the molecule is COCCN[C@@H](NC(=O)Cc1ccccc1)C(Cl)(Cl)Cl. The van der Waals surface area contributed by atoms with Crippen molar-refractivity contribution < 1.29 is 9.53 Å². The molecule has 112 valence electrons. The Hall–Kier alpha value is -0.520. The molecule has 1 aromatic carbocycles. The largest absolute Gasteiger partial charge is 0.383 e. The Kier molecular flexibility index (Phi) is 7.62. The lowest BCUT2D eigenvalue weighted by molar-refractivity contribution is -0.121. The van der Waals surface area contributed by atoms with Gasteiger partial charge < -0.3 is 10.1 Å². The van der Waals surface area contributed by atoms with Crippen LogP contribution in [0.15, 0.2) is 30.3 Å². The highest BCUT2D eigenvalue weighted by Gasteiger charge is 2.33. The quantitative estimate of drug-likeness (QED) is 0.455. The molecule has 7 heteroatoms. The van der Waals surface area contributed by atoms with E-state index in [9.17, 15) is 4.79 Å². The van der Waals surface area contributed by atoms with Crippen LogP contribution in [0.1, 0.15) is 5.56 Å². The lowest BCUT2D eigenvalue weighted by Crippen LogP contribution is -2.54. The lowest BCUT2D eigenvalue weighted by Gasteiger charge is -2.26. The number of rotatable bonds is 7. The molecule has 0 radical (unpaired) electrons. The number of methoxy groups -OCH3 is 1. The van der Waals surface area contributed by atoms with Crippen LogP contribution in [-0.4, -0.2) is 36.1 Å². The van der Waals surface area contributed by atoms with Crippen molar-refractivity contribution >= 4 is 40.7 Å². The van der Waals surface area contributed by atoms with Crippen LogP contribution in [0.4, 0.5) is 0 Å². The summed E-state index contributed by atoms with van der Waals surface area (Å²) in [6, 6.07) is 9.35. The summed E-state index contributed by atoms with van der Waals surface area (Å²) in [5, 5.41) is 5.59. The fourth-order valence-electron chi connectivity index (χ4n) is 1.55. The normalized spacial score (nSPS) is 13.0. The lowest BCUT2D eigenvalue weighted by atomic mass is 10.1. The number of nitrogens with one attached hydrogen (secondary N) is 2. The number of alkyl halides is 3. The molecule has 0 unspecified atom stereocenters. The third kappa shape index (κ3) is 6.77. The zero-order valence-electron chi connectivity index (χ0n) is 11.0. The molecule has 0 heterocycles. The number of amides is 1. The summed E-state index contributed by atoms with van der Waals surface area (Å²) in [5.41, 5.74) is 0.893. The van der Waals surface area contributed by atoms with E-state index in [1.54, 1.807) is 7.11 Å². The Morgan fingerprint density at radius 3 is 2.50 bits per heavy atom. The molecule has 0 aliphatic carbocycles. The first kappa shape index (κ1) is 17.5. The van der Waals surface area contributed by atoms with Crippen LogP contribution in [0.5, 0.6) is 0 Å². The maximum absolute atomic E-state index is 11.9. The Bertz CT molecular complexity index is 410. The molecule has 4 nitrogen and oxygen atoms in total. The average Bonchev–Trinajstić information content (AvgIpc) is 2.38. The van der Waals surface area contributed by atoms with Crippen molar-refractivity contribution in [2.75, 3.05) is 20.3 Å². The first-order chi connectivity index (χ1) is 9.43. The molecule has 0 bridgehead atoms. The maximum atomic E-state index is 11.9. The number of hydrogen-bond donors (Lipinski definition) is 2. The second-order valence-corrected chi connectivity index (χ2v) is 6.52. The predicted molar refractivity (Wildman–Crippen MR) is 82.2 cm³/mol. The minimum Gasteiger partial charge on any atom is -0.383 e. The van der Waals surface area contributed by atoms with E-state index in [4.69, 9.17) is 39.5 Å². The molecule has 20 heavy (non-hydrogen) atoms. The summed E-state index contributed by atoms with van der Waals surface area (Å²) in [4.78, 5) is 11.9. The highest BCUT2D eigenvalue weighted by atomic mass is 35.6. The molecule has 0 aliphatic heterocycles. The number of ether oxygens (including phenoxy) is 1. The Balaban J connectivity index is 2.53. The molecule has 1 rings (SSSR count). The van der Waals surface area contributed by atoms with Gasteiger partial charge in [-0.1, -0.05) is 65.1 Å². The van der Waals surface area contributed by atoms with Crippen LogP contribution in [0.25, 0.3) is 0 Å². The zero-order valence-corrected chi connectivity index (χ0v) is 13.3. The van der Waals surface area contributed by atoms with Crippen molar-refractivity contribution in [3.05, 3.63) is 35.9 Å². The summed E-state index contributed by atoms with van der Waals surface area (Å²) >= 11 is 17.5. The van der Waals surface area contributed by atoms with Gasteiger partial charge in [0.2, 0.25) is 9.70 Å². The van der Waals surface area contributed by atoms with Crippen LogP contribution in [-0.2, 0) is 16.0 Å². The second kappa shape index (κ2) is 8.70. The van der Waals surface area contributed by atoms with Crippen molar-refractivity contribution in [2.24, 2.45) is 0 Å². The van der Waals surface area contributed by atoms with Gasteiger partial charge in [-0.25, -0.2) is 0 Å². The van der Waals surface area contributed by atoms with E-state index < -0.39 is 9.96 Å². The van der Waals surface area contributed by atoms with Crippen molar-refractivity contribution in [3.63, 3.8) is 0 Å². The van der Waals surface area contributed by atoms with Gasteiger partial charge >= 0.3 is 0 Å². The molecule has 0 saturated carbocycles. The zero-order chi connectivity index (χ0) is 15.0. The molecule has 0 fully saturated rings. The van der Waals surface area contributed by atoms with E-state index in [0.717, 1.165) is 5.56 Å². The van der Waals surface area contributed by atoms with Gasteiger partial charge in [0.1, 0.15) is 6.17 Å². The minimum absolute atomic E-state index is 0.225. The van der Waals surface area contributed by atoms with E-state index >= 15 is 0 Å². The molecule has 1 amide bonds. The van der Waals surface area contributed by atoms with E-state index in [1.165, 1.54) is 0 Å². The monoisotopic (exact) mass is 338 g/mol. The molecule has 2 N–H and O–H groups in total. The van der Waals surface area contributed by atoms with E-state index in [0.29, 0.717) is 13.2 Å². The van der Waals surface area contributed by atoms with Crippen LogP contribution in [0, 0.1) is 0 Å². The van der Waals surface area contributed by atoms with Gasteiger partial charge in [-0.15, -0.1) is 0 Å². The van der Waals surface area contributed by atoms with E-state index in [-0.39, 0.29) is 12.3 Å². The van der Waals surface area contributed by atoms with Crippen LogP contribution >= 0.6 is 34.8 Å². The molecule has 0 spiro atoms. The number of carbonyl (C=O) groups is 1. The smallest absolute Gasteiger partial charge is 0.225 e. The second-order valence-electron chi connectivity index (χ2n) is 4.15. The van der Waals surface area contributed by atoms with Crippen molar-refractivity contribution in [2.45, 2.75) is 16.4 Å². The number of hydrogen-bond acceptors (Lipinski definition) is 3. The van der Waals surface area contributed by atoms with Gasteiger partial charge in [-0.3, -0.25) is 10.1 Å². The van der Waals surface area contributed by atoms with Crippen molar-refractivity contribution in [1.29, 1.82) is 0 Å². The van der Waals surface area contributed by atoms with Gasteiger partial charge in [0, 0.05) is 13.7 Å². The minimum atomic E-state index is -1.64. The summed E-state index contributed by atoms with van der Waals surface area (Å²) in [6.07, 6.45) is -0.553. The van der Waals surface area contributed by atoms with Gasteiger partial charge in [-0.2, -0.15) is 0 Å². The molecule has 0 aromatic heterocycles. The third-order valence-electron chi connectivity index (χ3n) is 2.49. The number of halogens is 3. The van der Waals surface area contributed by atoms with Gasteiger partial charge in [0.25, 0.3) is 0 Å². The number of carbonyl (C=O) groups excluding carboxylic acids is 1. The maximum Gasteiger partial charge on any atom is 0.225 e. The van der Waals surface area contributed by atoms with Crippen molar-refractivity contribution in [1.82, 2.24) is 10.6 Å². The average molecular weight is 340 g/mol. The highest BCUT2D eigenvalue weighted by molar-refractivity contribution is 6.68. The van der Waals surface area contributed by atoms with Crippen molar-refractivity contribution in [3.8, 4) is 0 Å². The van der Waals surface area contributed by atoms with E-state index in [1.807, 2.05) is 30.3 Å². The standard InChI is InChI=1S/C13H17Cl3N2O2/c1-20-8-7-17-12(13(14,15)16)18-11(19)9-10-5-3-2-4-6-10/h2-6,12,17H,7-9H2,1H3,(H,18,19)/t12-/m0/s1. The first-order valence-electron chi connectivity index (χ1n) is 6.06. The Morgan fingerprint density at radius 1 is 1.30 bits per heavy atom. The molecular formula is C13H17Cl3N2O2. The third-order valence-corrected chi connectivity index (χ3v) is 3.15. The predicted octanol–water partition coefficient (Wildman–Crippen LogP) is 2.28. The van der Waals surface area contributed by atoms with Crippen LogP contribution in [0.3, 0.4) is 0 Å². The summed E-state index contributed by atoms with van der Waals surface area (Å²) < 4.78 is 3.26. The molecule has 0 saturated heterocycles. The summed E-state index contributed by atoms with van der Waals surface area (Å²) in [6.45, 7) is 0.909. The topological polar surface area (TPSA) is 50.4 Å². The molecular weight excluding hydrogens is 323 g/mol. The molecule has 0 aliphatic rings.